The lowest BCUT2D eigenvalue weighted by Gasteiger charge is -2.17. The third kappa shape index (κ3) is 3.25. The molecule has 0 spiro atoms. The van der Waals surface area contributed by atoms with Crippen molar-refractivity contribution in [2.24, 2.45) is 7.05 Å². The van der Waals surface area contributed by atoms with Crippen LogP contribution in [0.1, 0.15) is 25.2 Å². The van der Waals surface area contributed by atoms with Crippen LogP contribution in [0.15, 0.2) is 61.1 Å². The lowest BCUT2D eigenvalue weighted by atomic mass is 9.78. The Labute approximate surface area is 182 Å². The molecule has 0 aliphatic carbocycles. The summed E-state index contributed by atoms with van der Waals surface area (Å²) in [7, 11) is 0.945. The minimum atomic E-state index is -3.47. The van der Waals surface area contributed by atoms with Crippen molar-refractivity contribution in [2.45, 2.75) is 25.4 Å². The van der Waals surface area contributed by atoms with E-state index in [0.29, 0.717) is 22.5 Å². The highest BCUT2D eigenvalue weighted by atomic mass is 19.3. The predicted molar refractivity (Wildman–Crippen MR) is 113 cm³/mol. The second kappa shape index (κ2) is 6.96. The minimum absolute atomic E-state index is 0.212. The molecule has 1 fully saturated rings. The smallest absolute Gasteiger partial charge is 0.534 e. The molecule has 4 heterocycles. The molecular weight excluding hydrogens is 417 g/mol. The van der Waals surface area contributed by atoms with Gasteiger partial charge in [0.25, 0.3) is 0 Å². The topological polar surface area (TPSA) is 79.4 Å². The van der Waals surface area contributed by atoms with Crippen LogP contribution in [0.2, 0.25) is 0 Å². The fraction of sp³-hybridized carbons (Fsp3) is 0.238. The Bertz CT molecular complexity index is 1350. The number of fused-ring (bicyclic) bond motifs is 1. The fourth-order valence-electron chi connectivity index (χ4n) is 3.47. The maximum atomic E-state index is 15.6. The Morgan fingerprint density at radius 3 is 2.66 bits per heavy atom. The highest BCUT2D eigenvalue weighted by Gasteiger charge is 2.45. The highest BCUT2D eigenvalue weighted by Crippen LogP contribution is 2.35. The van der Waals surface area contributed by atoms with Crippen molar-refractivity contribution in [3.8, 4) is 11.3 Å². The Balaban J connectivity index is 1.54. The summed E-state index contributed by atoms with van der Waals surface area (Å²) in [4.78, 5) is 0. The van der Waals surface area contributed by atoms with E-state index in [1.165, 1.54) is 18.2 Å². The zero-order valence-corrected chi connectivity index (χ0v) is 17.7. The molecule has 1 aliphatic rings. The quantitative estimate of drug-likeness (QED) is 0.458. The fourth-order valence-corrected chi connectivity index (χ4v) is 3.47. The molecule has 0 radical (unpaired) electrons. The second-order valence-electron chi connectivity index (χ2n) is 8.12. The lowest BCUT2D eigenvalue weighted by Crippen LogP contribution is -2.35. The second-order valence-corrected chi connectivity index (χ2v) is 8.12. The molecule has 1 aromatic carbocycles. The number of rotatable bonds is 4. The Morgan fingerprint density at radius 2 is 1.97 bits per heavy atom. The molecule has 0 unspecified atom stereocenters. The van der Waals surface area contributed by atoms with E-state index in [1.807, 2.05) is 13.8 Å². The van der Waals surface area contributed by atoms with Gasteiger partial charge in [0.05, 0.1) is 17.6 Å². The van der Waals surface area contributed by atoms with E-state index in [9.17, 15) is 0 Å². The molecule has 4 aromatic rings. The summed E-state index contributed by atoms with van der Waals surface area (Å²) in [5.41, 5.74) is 0.845. The van der Waals surface area contributed by atoms with Crippen molar-refractivity contribution < 1.29 is 18.1 Å². The third-order valence-electron chi connectivity index (χ3n) is 5.39. The van der Waals surface area contributed by atoms with Gasteiger partial charge in [0.15, 0.2) is 5.65 Å². The largest absolute Gasteiger partial charge is 0.563 e. The van der Waals surface area contributed by atoms with E-state index in [1.54, 1.807) is 42.3 Å². The molecule has 11 heteroatoms. The first-order valence-corrected chi connectivity index (χ1v) is 9.89. The van der Waals surface area contributed by atoms with E-state index >= 15 is 8.78 Å². The van der Waals surface area contributed by atoms with Crippen LogP contribution in [-0.4, -0.2) is 42.3 Å². The molecule has 3 aromatic heterocycles. The molecule has 5 rings (SSSR count). The van der Waals surface area contributed by atoms with Crippen molar-refractivity contribution in [2.75, 3.05) is 0 Å². The molecule has 1 aliphatic heterocycles. The molecular formula is C21H19BF2N6O2. The standard InChI is InChI=1S/C21H19BF2N6O2/c1-13-20(2,3)32-22(31-13)16-7-5-6-15(10-16)21(23,24)19-27-26-18-9-8-17(28-30(18)19)14-11-25-29(4)12-14/h5-12H,1H2,2-4H3. The van der Waals surface area contributed by atoms with E-state index in [-0.39, 0.29) is 11.2 Å². The number of benzene rings is 1. The zero-order chi connectivity index (χ0) is 22.7. The average molecular weight is 436 g/mol. The van der Waals surface area contributed by atoms with Gasteiger partial charge in [-0.25, -0.2) is 0 Å². The zero-order valence-electron chi connectivity index (χ0n) is 17.7. The number of alkyl halides is 2. The molecule has 0 saturated carbocycles. The van der Waals surface area contributed by atoms with Crippen molar-refractivity contribution in [1.29, 1.82) is 0 Å². The van der Waals surface area contributed by atoms with Crippen LogP contribution in [-0.2, 0) is 22.3 Å². The monoisotopic (exact) mass is 436 g/mol. The van der Waals surface area contributed by atoms with Gasteiger partial charge in [-0.15, -0.1) is 10.2 Å². The first kappa shape index (κ1) is 20.3. The summed E-state index contributed by atoms with van der Waals surface area (Å²) in [6.45, 7) is 7.45. The Kier molecular flexibility index (Phi) is 4.42. The SMILES string of the molecule is C=C1OB(c2cccc(C(F)(F)c3nnc4ccc(-c5cnn(C)c5)nn34)c2)OC1(C)C. The molecule has 8 nitrogen and oxygen atoms in total. The summed E-state index contributed by atoms with van der Waals surface area (Å²) in [5, 5.41) is 16.1. The average Bonchev–Trinajstić information content (AvgIpc) is 3.45. The van der Waals surface area contributed by atoms with Crippen molar-refractivity contribution in [1.82, 2.24) is 29.6 Å². The summed E-state index contributed by atoms with van der Waals surface area (Å²) in [6, 6.07) is 9.13. The summed E-state index contributed by atoms with van der Waals surface area (Å²) < 4.78 is 45.3. The molecule has 0 N–H and O–H groups in total. The third-order valence-corrected chi connectivity index (χ3v) is 5.39. The normalized spacial score (nSPS) is 16.0. The van der Waals surface area contributed by atoms with Crippen molar-refractivity contribution >= 4 is 18.2 Å². The van der Waals surface area contributed by atoms with Crippen LogP contribution in [0.4, 0.5) is 8.78 Å². The number of hydrogen-bond acceptors (Lipinski definition) is 6. The van der Waals surface area contributed by atoms with E-state index in [0.717, 1.165) is 4.52 Å². The van der Waals surface area contributed by atoms with Gasteiger partial charge in [0, 0.05) is 24.4 Å². The molecule has 0 atom stereocenters. The molecule has 0 bridgehead atoms. The number of nitrogens with zero attached hydrogens (tertiary/aromatic N) is 6. The van der Waals surface area contributed by atoms with Crippen molar-refractivity contribution in [3.63, 3.8) is 0 Å². The number of aryl methyl sites for hydroxylation is 1. The molecule has 162 valence electrons. The van der Waals surface area contributed by atoms with Gasteiger partial charge in [-0.05, 0) is 31.4 Å². The van der Waals surface area contributed by atoms with Crippen LogP contribution in [0.5, 0.6) is 0 Å². The lowest BCUT2D eigenvalue weighted by molar-refractivity contribution is 0.0307. The van der Waals surface area contributed by atoms with Crippen molar-refractivity contribution in [3.05, 3.63) is 72.5 Å². The predicted octanol–water partition coefficient (Wildman–Crippen LogP) is 2.70. The maximum Gasteiger partial charge on any atom is 0.563 e. The Morgan fingerprint density at radius 1 is 1.16 bits per heavy atom. The van der Waals surface area contributed by atoms with E-state index in [4.69, 9.17) is 9.31 Å². The van der Waals surface area contributed by atoms with Crippen LogP contribution in [0, 0.1) is 0 Å². The molecule has 0 amide bonds. The molecule has 1 saturated heterocycles. The van der Waals surface area contributed by atoms with Gasteiger partial charge in [-0.1, -0.05) is 30.8 Å². The summed E-state index contributed by atoms with van der Waals surface area (Å²) in [5.74, 6) is -3.62. The maximum absolute atomic E-state index is 15.6. The Hall–Kier alpha value is -3.60. The highest BCUT2D eigenvalue weighted by molar-refractivity contribution is 6.62. The van der Waals surface area contributed by atoms with E-state index < -0.39 is 24.5 Å². The van der Waals surface area contributed by atoms with Crippen LogP contribution in [0.25, 0.3) is 16.9 Å². The van der Waals surface area contributed by atoms with Gasteiger partial charge in [0.2, 0.25) is 5.82 Å². The minimum Gasteiger partial charge on any atom is -0.534 e. The number of hydrogen-bond donors (Lipinski definition) is 0. The van der Waals surface area contributed by atoms with Gasteiger partial charge >= 0.3 is 13.0 Å². The van der Waals surface area contributed by atoms with Crippen LogP contribution >= 0.6 is 0 Å². The van der Waals surface area contributed by atoms with Crippen LogP contribution in [0.3, 0.4) is 0 Å². The van der Waals surface area contributed by atoms with Gasteiger partial charge in [0.1, 0.15) is 5.60 Å². The van der Waals surface area contributed by atoms with Gasteiger partial charge < -0.3 is 9.31 Å². The van der Waals surface area contributed by atoms with Gasteiger partial charge in [-0.3, -0.25) is 4.68 Å². The summed E-state index contributed by atoms with van der Waals surface area (Å²) >= 11 is 0. The van der Waals surface area contributed by atoms with E-state index in [2.05, 4.69) is 27.0 Å². The number of aromatic nitrogens is 6. The number of halogens is 2. The van der Waals surface area contributed by atoms with Gasteiger partial charge in [-0.2, -0.15) is 23.5 Å². The first-order chi connectivity index (χ1) is 15.1. The summed E-state index contributed by atoms with van der Waals surface area (Å²) in [6.07, 6.45) is 3.35. The van der Waals surface area contributed by atoms with Crippen LogP contribution < -0.4 is 5.46 Å². The first-order valence-electron chi connectivity index (χ1n) is 9.89. The molecule has 32 heavy (non-hydrogen) atoms.